The van der Waals surface area contributed by atoms with Gasteiger partial charge in [0.15, 0.2) is 0 Å². The lowest BCUT2D eigenvalue weighted by Gasteiger charge is -2.06. The van der Waals surface area contributed by atoms with Crippen molar-refractivity contribution in [2.45, 2.75) is 6.54 Å². The highest BCUT2D eigenvalue weighted by atomic mass is 16.5. The number of nitrogens with one attached hydrogen (secondary N) is 1. The van der Waals surface area contributed by atoms with Crippen LogP contribution < -0.4 is 10.1 Å². The minimum absolute atomic E-state index is 0.681. The first kappa shape index (κ1) is 9.65. The molecule has 15 heavy (non-hydrogen) atoms. The van der Waals surface area contributed by atoms with Gasteiger partial charge in [-0.3, -0.25) is 0 Å². The SMILES string of the molecule is COc1cccc(NCc2ccco2)c1. The number of rotatable bonds is 4. The van der Waals surface area contributed by atoms with Gasteiger partial charge < -0.3 is 14.5 Å². The third kappa shape index (κ3) is 2.53. The zero-order chi connectivity index (χ0) is 10.5. The second kappa shape index (κ2) is 4.55. The number of hydrogen-bond acceptors (Lipinski definition) is 3. The van der Waals surface area contributed by atoms with E-state index in [1.807, 2.05) is 36.4 Å². The highest BCUT2D eigenvalue weighted by molar-refractivity contribution is 5.48. The van der Waals surface area contributed by atoms with Gasteiger partial charge in [0.1, 0.15) is 11.5 Å². The Morgan fingerprint density at radius 1 is 1.27 bits per heavy atom. The summed E-state index contributed by atoms with van der Waals surface area (Å²) in [4.78, 5) is 0. The van der Waals surface area contributed by atoms with Crippen molar-refractivity contribution < 1.29 is 9.15 Å². The first-order chi connectivity index (χ1) is 7.38. The number of furan rings is 1. The molecule has 3 nitrogen and oxygen atoms in total. The molecule has 2 rings (SSSR count). The van der Waals surface area contributed by atoms with Crippen LogP contribution in [0.3, 0.4) is 0 Å². The summed E-state index contributed by atoms with van der Waals surface area (Å²) < 4.78 is 10.3. The van der Waals surface area contributed by atoms with E-state index in [1.165, 1.54) is 0 Å². The number of anilines is 1. The molecule has 0 aliphatic carbocycles. The largest absolute Gasteiger partial charge is 0.497 e. The van der Waals surface area contributed by atoms with Crippen LogP contribution >= 0.6 is 0 Å². The fourth-order valence-corrected chi connectivity index (χ4v) is 1.34. The van der Waals surface area contributed by atoms with Crippen LogP contribution in [0.25, 0.3) is 0 Å². The Labute approximate surface area is 88.7 Å². The number of methoxy groups -OCH3 is 1. The van der Waals surface area contributed by atoms with E-state index in [-0.39, 0.29) is 0 Å². The molecule has 1 N–H and O–H groups in total. The first-order valence-electron chi connectivity index (χ1n) is 4.79. The van der Waals surface area contributed by atoms with Gasteiger partial charge in [0, 0.05) is 11.8 Å². The molecule has 2 aromatic rings. The average molecular weight is 203 g/mol. The molecule has 1 aromatic carbocycles. The van der Waals surface area contributed by atoms with Gasteiger partial charge >= 0.3 is 0 Å². The van der Waals surface area contributed by atoms with Crippen molar-refractivity contribution in [3.8, 4) is 5.75 Å². The fourth-order valence-electron chi connectivity index (χ4n) is 1.34. The monoisotopic (exact) mass is 203 g/mol. The topological polar surface area (TPSA) is 34.4 Å². The summed E-state index contributed by atoms with van der Waals surface area (Å²) in [7, 11) is 1.66. The van der Waals surface area contributed by atoms with Gasteiger partial charge in [0.2, 0.25) is 0 Å². The third-order valence-electron chi connectivity index (χ3n) is 2.12. The molecule has 78 valence electrons. The van der Waals surface area contributed by atoms with E-state index in [2.05, 4.69) is 5.32 Å². The Bertz CT molecular complexity index is 409. The van der Waals surface area contributed by atoms with E-state index in [0.29, 0.717) is 6.54 Å². The molecule has 0 bridgehead atoms. The van der Waals surface area contributed by atoms with Crippen LogP contribution in [0.15, 0.2) is 47.1 Å². The smallest absolute Gasteiger partial charge is 0.122 e. The van der Waals surface area contributed by atoms with Crippen LogP contribution in [0.1, 0.15) is 5.76 Å². The van der Waals surface area contributed by atoms with Gasteiger partial charge in [-0.1, -0.05) is 6.07 Å². The summed E-state index contributed by atoms with van der Waals surface area (Å²) in [5, 5.41) is 3.25. The van der Waals surface area contributed by atoms with Crippen molar-refractivity contribution in [3.05, 3.63) is 48.4 Å². The van der Waals surface area contributed by atoms with Crippen molar-refractivity contribution >= 4 is 5.69 Å². The molecule has 1 aromatic heterocycles. The van der Waals surface area contributed by atoms with Gasteiger partial charge in [-0.2, -0.15) is 0 Å². The van der Waals surface area contributed by atoms with Crippen LogP contribution in [0.5, 0.6) is 5.75 Å². The number of benzene rings is 1. The van der Waals surface area contributed by atoms with E-state index in [4.69, 9.17) is 9.15 Å². The molecule has 0 saturated heterocycles. The number of ether oxygens (including phenoxy) is 1. The molecule has 0 radical (unpaired) electrons. The Hall–Kier alpha value is -1.90. The lowest BCUT2D eigenvalue weighted by Crippen LogP contribution is -1.97. The molecule has 0 aliphatic rings. The summed E-state index contributed by atoms with van der Waals surface area (Å²) in [6.45, 7) is 0.681. The summed E-state index contributed by atoms with van der Waals surface area (Å²) in [5.74, 6) is 1.76. The molecule has 3 heteroatoms. The highest BCUT2D eigenvalue weighted by Gasteiger charge is 1.97. The molecule has 1 heterocycles. The first-order valence-corrected chi connectivity index (χ1v) is 4.79. The molecule has 0 saturated carbocycles. The van der Waals surface area contributed by atoms with Crippen LogP contribution in [-0.2, 0) is 6.54 Å². The summed E-state index contributed by atoms with van der Waals surface area (Å²) >= 11 is 0. The number of hydrogen-bond donors (Lipinski definition) is 1. The zero-order valence-corrected chi connectivity index (χ0v) is 8.57. The second-order valence-electron chi connectivity index (χ2n) is 3.16. The van der Waals surface area contributed by atoms with Gasteiger partial charge in [-0.15, -0.1) is 0 Å². The van der Waals surface area contributed by atoms with E-state index >= 15 is 0 Å². The van der Waals surface area contributed by atoms with E-state index in [9.17, 15) is 0 Å². The van der Waals surface area contributed by atoms with Crippen molar-refractivity contribution in [1.82, 2.24) is 0 Å². The van der Waals surface area contributed by atoms with Crippen LogP contribution in [-0.4, -0.2) is 7.11 Å². The molecular formula is C12H13NO2. The third-order valence-corrected chi connectivity index (χ3v) is 2.12. The molecular weight excluding hydrogens is 190 g/mol. The second-order valence-corrected chi connectivity index (χ2v) is 3.16. The van der Waals surface area contributed by atoms with Crippen molar-refractivity contribution in [2.75, 3.05) is 12.4 Å². The highest BCUT2D eigenvalue weighted by Crippen LogP contribution is 2.17. The molecule has 0 atom stereocenters. The lowest BCUT2D eigenvalue weighted by molar-refractivity contribution is 0.415. The van der Waals surface area contributed by atoms with Crippen LogP contribution in [0, 0.1) is 0 Å². The van der Waals surface area contributed by atoms with Gasteiger partial charge in [0.25, 0.3) is 0 Å². The summed E-state index contributed by atoms with van der Waals surface area (Å²) in [6, 6.07) is 11.6. The molecule has 0 amide bonds. The maximum Gasteiger partial charge on any atom is 0.122 e. The molecule has 0 spiro atoms. The van der Waals surface area contributed by atoms with Crippen LogP contribution in [0.4, 0.5) is 5.69 Å². The maximum atomic E-state index is 5.22. The van der Waals surface area contributed by atoms with E-state index in [0.717, 1.165) is 17.2 Å². The Morgan fingerprint density at radius 3 is 2.93 bits per heavy atom. The van der Waals surface area contributed by atoms with Gasteiger partial charge in [0.05, 0.1) is 19.9 Å². The predicted octanol–water partition coefficient (Wildman–Crippen LogP) is 2.90. The summed E-state index contributed by atoms with van der Waals surface area (Å²) in [5.41, 5.74) is 1.02. The van der Waals surface area contributed by atoms with Gasteiger partial charge in [-0.25, -0.2) is 0 Å². The van der Waals surface area contributed by atoms with Crippen molar-refractivity contribution in [2.24, 2.45) is 0 Å². The van der Waals surface area contributed by atoms with E-state index < -0.39 is 0 Å². The van der Waals surface area contributed by atoms with E-state index in [1.54, 1.807) is 13.4 Å². The van der Waals surface area contributed by atoms with Gasteiger partial charge in [-0.05, 0) is 24.3 Å². The molecule has 0 unspecified atom stereocenters. The quantitative estimate of drug-likeness (QED) is 0.829. The minimum atomic E-state index is 0.681. The Morgan fingerprint density at radius 2 is 2.20 bits per heavy atom. The minimum Gasteiger partial charge on any atom is -0.497 e. The predicted molar refractivity (Wildman–Crippen MR) is 59.0 cm³/mol. The molecule has 0 fully saturated rings. The lowest BCUT2D eigenvalue weighted by atomic mass is 10.3. The van der Waals surface area contributed by atoms with Crippen LogP contribution in [0.2, 0.25) is 0 Å². The summed E-state index contributed by atoms with van der Waals surface area (Å²) in [6.07, 6.45) is 1.67. The van der Waals surface area contributed by atoms with Crippen molar-refractivity contribution in [1.29, 1.82) is 0 Å². The molecule has 0 aliphatic heterocycles. The maximum absolute atomic E-state index is 5.22. The zero-order valence-electron chi connectivity index (χ0n) is 8.57. The van der Waals surface area contributed by atoms with Crippen molar-refractivity contribution in [3.63, 3.8) is 0 Å². The fraction of sp³-hybridized carbons (Fsp3) is 0.167. The standard InChI is InChI=1S/C12H13NO2/c1-14-11-5-2-4-10(8-11)13-9-12-6-3-7-15-12/h2-8,13H,9H2,1H3. The Kier molecular flexibility index (Phi) is 2.93. The normalized spacial score (nSPS) is 9.93. The Balaban J connectivity index is 1.98. The average Bonchev–Trinajstić information content (AvgIpc) is 2.79.